The highest BCUT2D eigenvalue weighted by Crippen LogP contribution is 2.14. The lowest BCUT2D eigenvalue weighted by Crippen LogP contribution is -2.11. The summed E-state index contributed by atoms with van der Waals surface area (Å²) in [7, 11) is 0. The lowest BCUT2D eigenvalue weighted by atomic mass is 10.0. The Morgan fingerprint density at radius 2 is 2.00 bits per heavy atom. The summed E-state index contributed by atoms with van der Waals surface area (Å²) in [5, 5.41) is 2.73. The zero-order valence-corrected chi connectivity index (χ0v) is 9.91. The molecule has 0 atom stereocenters. The standard InChI is InChI=1S/C13H17NO2/c1-4-12(15)14-11-7-5-6-10(8-11)13(16)9(2)3/h5-9H,4H2,1-3H3,(H,14,15). The molecule has 0 saturated carbocycles. The maximum absolute atomic E-state index is 11.7. The summed E-state index contributed by atoms with van der Waals surface area (Å²) >= 11 is 0. The van der Waals surface area contributed by atoms with Crippen LogP contribution in [-0.2, 0) is 4.79 Å². The van der Waals surface area contributed by atoms with Crippen LogP contribution < -0.4 is 5.32 Å². The highest BCUT2D eigenvalue weighted by atomic mass is 16.1. The maximum atomic E-state index is 11.7. The Balaban J connectivity index is 2.87. The minimum absolute atomic E-state index is 0.0304. The van der Waals surface area contributed by atoms with Crippen LogP contribution in [0.5, 0.6) is 0 Å². The second kappa shape index (κ2) is 5.45. The third kappa shape index (κ3) is 3.19. The van der Waals surface area contributed by atoms with Crippen molar-refractivity contribution in [3.63, 3.8) is 0 Å². The van der Waals surface area contributed by atoms with Gasteiger partial charge in [-0.1, -0.05) is 32.9 Å². The molecule has 16 heavy (non-hydrogen) atoms. The van der Waals surface area contributed by atoms with E-state index in [1.54, 1.807) is 31.2 Å². The molecule has 3 heteroatoms. The fourth-order valence-corrected chi connectivity index (χ4v) is 1.33. The number of amides is 1. The fraction of sp³-hybridized carbons (Fsp3) is 0.385. The molecule has 0 radical (unpaired) electrons. The van der Waals surface area contributed by atoms with Crippen molar-refractivity contribution in [3.8, 4) is 0 Å². The highest BCUT2D eigenvalue weighted by molar-refractivity contribution is 5.99. The Kier molecular flexibility index (Phi) is 4.23. The van der Waals surface area contributed by atoms with Gasteiger partial charge in [-0.25, -0.2) is 0 Å². The van der Waals surface area contributed by atoms with Crippen LogP contribution >= 0.6 is 0 Å². The van der Waals surface area contributed by atoms with Gasteiger partial charge in [0.15, 0.2) is 5.78 Å². The Hall–Kier alpha value is -1.64. The monoisotopic (exact) mass is 219 g/mol. The van der Waals surface area contributed by atoms with Crippen LogP contribution in [0.3, 0.4) is 0 Å². The van der Waals surface area contributed by atoms with E-state index in [0.29, 0.717) is 17.7 Å². The van der Waals surface area contributed by atoms with Crippen molar-refractivity contribution < 1.29 is 9.59 Å². The molecule has 0 bridgehead atoms. The molecular weight excluding hydrogens is 202 g/mol. The van der Waals surface area contributed by atoms with Crippen LogP contribution in [0.25, 0.3) is 0 Å². The number of hydrogen-bond acceptors (Lipinski definition) is 2. The van der Waals surface area contributed by atoms with Gasteiger partial charge in [-0.15, -0.1) is 0 Å². The molecule has 0 aliphatic carbocycles. The van der Waals surface area contributed by atoms with Crippen LogP contribution in [-0.4, -0.2) is 11.7 Å². The van der Waals surface area contributed by atoms with Crippen molar-refractivity contribution in [2.45, 2.75) is 27.2 Å². The molecule has 1 aromatic rings. The van der Waals surface area contributed by atoms with Gasteiger partial charge >= 0.3 is 0 Å². The predicted octanol–water partition coefficient (Wildman–Crippen LogP) is 2.87. The number of carbonyl (C=O) groups excluding carboxylic acids is 2. The molecule has 0 heterocycles. The van der Waals surface area contributed by atoms with Crippen molar-refractivity contribution in [1.29, 1.82) is 0 Å². The van der Waals surface area contributed by atoms with E-state index in [2.05, 4.69) is 5.32 Å². The van der Waals surface area contributed by atoms with E-state index in [1.807, 2.05) is 13.8 Å². The summed E-state index contributed by atoms with van der Waals surface area (Å²) in [5.74, 6) is 0.0128. The zero-order valence-electron chi connectivity index (χ0n) is 9.91. The second-order valence-electron chi connectivity index (χ2n) is 4.00. The largest absolute Gasteiger partial charge is 0.326 e. The number of benzene rings is 1. The molecule has 0 aliphatic heterocycles. The molecule has 0 fully saturated rings. The third-order valence-electron chi connectivity index (χ3n) is 2.28. The lowest BCUT2D eigenvalue weighted by Gasteiger charge is -2.07. The lowest BCUT2D eigenvalue weighted by molar-refractivity contribution is -0.115. The van der Waals surface area contributed by atoms with Gasteiger partial charge in [0.25, 0.3) is 0 Å². The van der Waals surface area contributed by atoms with Crippen LogP contribution in [0.2, 0.25) is 0 Å². The van der Waals surface area contributed by atoms with E-state index in [4.69, 9.17) is 0 Å². The highest BCUT2D eigenvalue weighted by Gasteiger charge is 2.10. The van der Waals surface area contributed by atoms with Gasteiger partial charge in [-0.2, -0.15) is 0 Å². The minimum Gasteiger partial charge on any atom is -0.326 e. The first-order valence-corrected chi connectivity index (χ1v) is 5.48. The van der Waals surface area contributed by atoms with Crippen LogP contribution in [0, 0.1) is 5.92 Å². The van der Waals surface area contributed by atoms with Crippen molar-refractivity contribution in [2.75, 3.05) is 5.32 Å². The Morgan fingerprint density at radius 3 is 2.56 bits per heavy atom. The first kappa shape index (κ1) is 12.4. The number of Topliss-reactive ketones (excluding diaryl/α,β-unsaturated/α-hetero) is 1. The zero-order chi connectivity index (χ0) is 12.1. The summed E-state index contributed by atoms with van der Waals surface area (Å²) in [6, 6.07) is 7.05. The molecule has 3 nitrogen and oxygen atoms in total. The number of rotatable bonds is 4. The van der Waals surface area contributed by atoms with Crippen LogP contribution in [0.4, 0.5) is 5.69 Å². The van der Waals surface area contributed by atoms with Crippen molar-refractivity contribution in [2.24, 2.45) is 5.92 Å². The van der Waals surface area contributed by atoms with Gasteiger partial charge < -0.3 is 5.32 Å². The van der Waals surface area contributed by atoms with E-state index < -0.39 is 0 Å². The maximum Gasteiger partial charge on any atom is 0.224 e. The minimum atomic E-state index is -0.0471. The summed E-state index contributed by atoms with van der Waals surface area (Å²) in [6.07, 6.45) is 0.433. The predicted molar refractivity (Wildman–Crippen MR) is 64.5 cm³/mol. The van der Waals surface area contributed by atoms with Gasteiger partial charge in [0.2, 0.25) is 5.91 Å². The number of carbonyl (C=O) groups is 2. The quantitative estimate of drug-likeness (QED) is 0.791. The van der Waals surface area contributed by atoms with Crippen LogP contribution in [0.15, 0.2) is 24.3 Å². The first-order chi connectivity index (χ1) is 7.54. The van der Waals surface area contributed by atoms with Gasteiger partial charge in [0.1, 0.15) is 0 Å². The number of ketones is 1. The van der Waals surface area contributed by atoms with Crippen molar-refractivity contribution >= 4 is 17.4 Å². The summed E-state index contributed by atoms with van der Waals surface area (Å²) < 4.78 is 0. The molecular formula is C13H17NO2. The Bertz CT molecular complexity index is 397. The molecule has 86 valence electrons. The van der Waals surface area contributed by atoms with E-state index in [9.17, 15) is 9.59 Å². The van der Waals surface area contributed by atoms with E-state index in [0.717, 1.165) is 0 Å². The second-order valence-corrected chi connectivity index (χ2v) is 4.00. The van der Waals surface area contributed by atoms with Crippen molar-refractivity contribution in [1.82, 2.24) is 0 Å². The normalized spacial score (nSPS) is 10.2. The summed E-state index contributed by atoms with van der Waals surface area (Å²) in [6.45, 7) is 5.51. The third-order valence-corrected chi connectivity index (χ3v) is 2.28. The average Bonchev–Trinajstić information content (AvgIpc) is 2.28. The number of anilines is 1. The van der Waals surface area contributed by atoms with E-state index in [1.165, 1.54) is 0 Å². The molecule has 0 saturated heterocycles. The van der Waals surface area contributed by atoms with Gasteiger partial charge in [0.05, 0.1) is 0 Å². The Labute approximate surface area is 95.9 Å². The topological polar surface area (TPSA) is 46.2 Å². The summed E-state index contributed by atoms with van der Waals surface area (Å²) in [5.41, 5.74) is 1.32. The number of nitrogens with one attached hydrogen (secondary N) is 1. The van der Waals surface area contributed by atoms with Gasteiger partial charge in [0, 0.05) is 23.6 Å². The molecule has 1 rings (SSSR count). The van der Waals surface area contributed by atoms with Gasteiger partial charge in [-0.3, -0.25) is 9.59 Å². The molecule has 0 aromatic heterocycles. The van der Waals surface area contributed by atoms with Crippen LogP contribution in [0.1, 0.15) is 37.6 Å². The molecule has 0 spiro atoms. The van der Waals surface area contributed by atoms with Crippen molar-refractivity contribution in [3.05, 3.63) is 29.8 Å². The molecule has 1 N–H and O–H groups in total. The van der Waals surface area contributed by atoms with E-state index in [-0.39, 0.29) is 17.6 Å². The molecule has 0 aliphatic rings. The molecule has 1 amide bonds. The fourth-order valence-electron chi connectivity index (χ4n) is 1.33. The Morgan fingerprint density at radius 1 is 1.31 bits per heavy atom. The summed E-state index contributed by atoms with van der Waals surface area (Å²) in [4.78, 5) is 22.9. The molecule has 1 aromatic carbocycles. The van der Waals surface area contributed by atoms with E-state index >= 15 is 0 Å². The van der Waals surface area contributed by atoms with Gasteiger partial charge in [-0.05, 0) is 12.1 Å². The smallest absolute Gasteiger partial charge is 0.224 e. The SMILES string of the molecule is CCC(=O)Nc1cccc(C(=O)C(C)C)c1. The molecule has 0 unspecified atom stereocenters. The first-order valence-electron chi connectivity index (χ1n) is 5.48. The average molecular weight is 219 g/mol. The number of hydrogen-bond donors (Lipinski definition) is 1.